The molecule has 0 unspecified atom stereocenters. The van der Waals surface area contributed by atoms with Crippen LogP contribution in [0.2, 0.25) is 5.02 Å². The minimum absolute atomic E-state index is 0.0743. The highest BCUT2D eigenvalue weighted by molar-refractivity contribution is 6.33. The summed E-state index contributed by atoms with van der Waals surface area (Å²) < 4.78 is 0. The number of rotatable bonds is 2. The predicted molar refractivity (Wildman–Crippen MR) is 46.8 cm³/mol. The van der Waals surface area contributed by atoms with E-state index in [1.165, 1.54) is 13.0 Å². The Labute approximate surface area is 75.2 Å². The Bertz CT molecular complexity index is 331. The SMILES string of the molecule is CC(=O)c1ccc(Cl)c(C=O)c1. The maximum Gasteiger partial charge on any atom is 0.159 e. The van der Waals surface area contributed by atoms with Crippen LogP contribution in [0.5, 0.6) is 0 Å². The van der Waals surface area contributed by atoms with Crippen LogP contribution in [0.3, 0.4) is 0 Å². The van der Waals surface area contributed by atoms with Crippen LogP contribution in [0.25, 0.3) is 0 Å². The summed E-state index contributed by atoms with van der Waals surface area (Å²) in [5, 5.41) is 0.370. The zero-order valence-corrected chi connectivity index (χ0v) is 7.26. The number of hydrogen-bond acceptors (Lipinski definition) is 2. The van der Waals surface area contributed by atoms with Gasteiger partial charge >= 0.3 is 0 Å². The van der Waals surface area contributed by atoms with E-state index in [0.29, 0.717) is 22.4 Å². The molecule has 0 fully saturated rings. The lowest BCUT2D eigenvalue weighted by molar-refractivity contribution is 0.101. The van der Waals surface area contributed by atoms with E-state index >= 15 is 0 Å². The third-order valence-electron chi connectivity index (χ3n) is 1.53. The summed E-state index contributed by atoms with van der Waals surface area (Å²) in [5.41, 5.74) is 0.853. The first-order valence-corrected chi connectivity index (χ1v) is 3.78. The highest BCUT2D eigenvalue weighted by atomic mass is 35.5. The molecule has 1 aromatic carbocycles. The molecule has 0 atom stereocenters. The summed E-state index contributed by atoms with van der Waals surface area (Å²) in [6.45, 7) is 1.44. The second-order valence-corrected chi connectivity index (χ2v) is 2.82. The van der Waals surface area contributed by atoms with Gasteiger partial charge in [-0.1, -0.05) is 11.6 Å². The maximum absolute atomic E-state index is 10.9. The van der Waals surface area contributed by atoms with Gasteiger partial charge in [0.15, 0.2) is 12.1 Å². The van der Waals surface area contributed by atoms with Gasteiger partial charge in [0.25, 0.3) is 0 Å². The smallest absolute Gasteiger partial charge is 0.159 e. The van der Waals surface area contributed by atoms with E-state index in [1.807, 2.05) is 0 Å². The van der Waals surface area contributed by atoms with Crippen LogP contribution in [-0.4, -0.2) is 12.1 Å². The van der Waals surface area contributed by atoms with E-state index in [-0.39, 0.29) is 5.78 Å². The lowest BCUT2D eigenvalue weighted by Crippen LogP contribution is -1.93. The molecule has 12 heavy (non-hydrogen) atoms. The average Bonchev–Trinajstić information content (AvgIpc) is 2.05. The molecule has 0 saturated heterocycles. The number of aldehydes is 1. The molecule has 1 rings (SSSR count). The fourth-order valence-electron chi connectivity index (χ4n) is 0.853. The zero-order valence-electron chi connectivity index (χ0n) is 6.50. The van der Waals surface area contributed by atoms with Crippen molar-refractivity contribution >= 4 is 23.7 Å². The fourth-order valence-corrected chi connectivity index (χ4v) is 1.02. The van der Waals surface area contributed by atoms with Crippen LogP contribution in [0.15, 0.2) is 18.2 Å². The van der Waals surface area contributed by atoms with Gasteiger partial charge in [-0.05, 0) is 25.1 Å². The first-order chi connectivity index (χ1) is 5.65. The van der Waals surface area contributed by atoms with Crippen molar-refractivity contribution in [1.82, 2.24) is 0 Å². The molecule has 0 aliphatic rings. The zero-order chi connectivity index (χ0) is 9.14. The van der Waals surface area contributed by atoms with Crippen molar-refractivity contribution in [1.29, 1.82) is 0 Å². The summed E-state index contributed by atoms with van der Waals surface area (Å²) in [7, 11) is 0. The van der Waals surface area contributed by atoms with Gasteiger partial charge in [-0.15, -0.1) is 0 Å². The number of halogens is 1. The lowest BCUT2D eigenvalue weighted by atomic mass is 10.1. The molecule has 2 nitrogen and oxygen atoms in total. The largest absolute Gasteiger partial charge is 0.298 e. The van der Waals surface area contributed by atoms with Crippen molar-refractivity contribution in [2.45, 2.75) is 6.92 Å². The summed E-state index contributed by atoms with van der Waals surface area (Å²) in [4.78, 5) is 21.3. The van der Waals surface area contributed by atoms with Gasteiger partial charge < -0.3 is 0 Å². The highest BCUT2D eigenvalue weighted by Gasteiger charge is 2.03. The van der Waals surface area contributed by atoms with E-state index in [2.05, 4.69) is 0 Å². The van der Waals surface area contributed by atoms with Crippen molar-refractivity contribution in [2.75, 3.05) is 0 Å². The Morgan fingerprint density at radius 3 is 2.67 bits per heavy atom. The Morgan fingerprint density at radius 1 is 1.50 bits per heavy atom. The van der Waals surface area contributed by atoms with Crippen molar-refractivity contribution < 1.29 is 9.59 Å². The van der Waals surface area contributed by atoms with Crippen LogP contribution in [0.4, 0.5) is 0 Å². The van der Waals surface area contributed by atoms with Gasteiger partial charge in [-0.25, -0.2) is 0 Å². The minimum Gasteiger partial charge on any atom is -0.298 e. The molecule has 0 saturated carbocycles. The van der Waals surface area contributed by atoms with Crippen LogP contribution < -0.4 is 0 Å². The molecular weight excluding hydrogens is 176 g/mol. The topological polar surface area (TPSA) is 34.1 Å². The van der Waals surface area contributed by atoms with E-state index in [4.69, 9.17) is 11.6 Å². The van der Waals surface area contributed by atoms with Crippen molar-refractivity contribution in [3.8, 4) is 0 Å². The van der Waals surface area contributed by atoms with E-state index in [9.17, 15) is 9.59 Å². The van der Waals surface area contributed by atoms with E-state index in [1.54, 1.807) is 12.1 Å². The molecule has 0 aliphatic carbocycles. The monoisotopic (exact) mass is 182 g/mol. The highest BCUT2D eigenvalue weighted by Crippen LogP contribution is 2.15. The quantitative estimate of drug-likeness (QED) is 0.520. The van der Waals surface area contributed by atoms with Crippen molar-refractivity contribution in [3.63, 3.8) is 0 Å². The van der Waals surface area contributed by atoms with Gasteiger partial charge in [0.2, 0.25) is 0 Å². The van der Waals surface area contributed by atoms with Crippen molar-refractivity contribution in [3.05, 3.63) is 34.3 Å². The Morgan fingerprint density at radius 2 is 2.17 bits per heavy atom. The number of ketones is 1. The molecule has 0 N–H and O–H groups in total. The predicted octanol–water partition coefficient (Wildman–Crippen LogP) is 2.36. The molecule has 0 bridgehead atoms. The fraction of sp³-hybridized carbons (Fsp3) is 0.111. The molecule has 62 valence electrons. The van der Waals surface area contributed by atoms with E-state index < -0.39 is 0 Å². The van der Waals surface area contributed by atoms with Gasteiger partial charge in [-0.2, -0.15) is 0 Å². The van der Waals surface area contributed by atoms with Crippen LogP contribution in [-0.2, 0) is 0 Å². The third-order valence-corrected chi connectivity index (χ3v) is 1.87. The molecular formula is C9H7ClO2. The number of benzene rings is 1. The lowest BCUT2D eigenvalue weighted by Gasteiger charge is -1.98. The number of carbonyl (C=O) groups is 2. The van der Waals surface area contributed by atoms with Crippen LogP contribution >= 0.6 is 11.6 Å². The van der Waals surface area contributed by atoms with Crippen molar-refractivity contribution in [2.24, 2.45) is 0 Å². The molecule has 0 spiro atoms. The molecule has 0 heterocycles. The molecule has 0 aliphatic heterocycles. The van der Waals surface area contributed by atoms with Gasteiger partial charge in [0, 0.05) is 11.1 Å². The Kier molecular flexibility index (Phi) is 2.61. The van der Waals surface area contributed by atoms with Crippen LogP contribution in [0.1, 0.15) is 27.6 Å². The van der Waals surface area contributed by atoms with Gasteiger partial charge in [-0.3, -0.25) is 9.59 Å². The summed E-state index contributed by atoms with van der Waals surface area (Å²) in [5.74, 6) is -0.0743. The molecule has 0 amide bonds. The number of carbonyl (C=O) groups excluding carboxylic acids is 2. The summed E-state index contributed by atoms with van der Waals surface area (Å²) >= 11 is 5.66. The van der Waals surface area contributed by atoms with Gasteiger partial charge in [0.05, 0.1) is 5.02 Å². The van der Waals surface area contributed by atoms with Crippen LogP contribution in [0, 0.1) is 0 Å². The first-order valence-electron chi connectivity index (χ1n) is 3.41. The third kappa shape index (κ3) is 1.71. The second-order valence-electron chi connectivity index (χ2n) is 2.41. The standard InChI is InChI=1S/C9H7ClO2/c1-6(12)7-2-3-9(10)8(4-7)5-11/h2-5H,1H3. The first kappa shape index (κ1) is 8.94. The molecule has 1 aromatic rings. The number of hydrogen-bond donors (Lipinski definition) is 0. The number of Topliss-reactive ketones (excluding diaryl/α,β-unsaturated/α-hetero) is 1. The molecule has 0 aromatic heterocycles. The average molecular weight is 183 g/mol. The Balaban J connectivity index is 3.22. The normalized spacial score (nSPS) is 9.50. The minimum atomic E-state index is -0.0743. The molecule has 3 heteroatoms. The summed E-state index contributed by atoms with van der Waals surface area (Å²) in [6.07, 6.45) is 0.634. The maximum atomic E-state index is 10.9. The van der Waals surface area contributed by atoms with E-state index in [0.717, 1.165) is 0 Å². The van der Waals surface area contributed by atoms with Gasteiger partial charge in [0.1, 0.15) is 0 Å². The molecule has 0 radical (unpaired) electrons. The summed E-state index contributed by atoms with van der Waals surface area (Å²) in [6, 6.07) is 4.62. The second kappa shape index (κ2) is 3.50. The Hall–Kier alpha value is -1.15.